The maximum Gasteiger partial charge on any atom is 0.242 e. The van der Waals surface area contributed by atoms with Crippen molar-refractivity contribution in [2.75, 3.05) is 42.9 Å². The van der Waals surface area contributed by atoms with E-state index in [0.717, 1.165) is 5.56 Å². The van der Waals surface area contributed by atoms with Crippen LogP contribution in [0.1, 0.15) is 19.4 Å². The van der Waals surface area contributed by atoms with Gasteiger partial charge >= 0.3 is 0 Å². The summed E-state index contributed by atoms with van der Waals surface area (Å²) in [4.78, 5) is 25.3. The third-order valence-electron chi connectivity index (χ3n) is 6.04. The molecule has 0 spiro atoms. The van der Waals surface area contributed by atoms with Crippen molar-refractivity contribution in [2.45, 2.75) is 20.8 Å². The van der Waals surface area contributed by atoms with Crippen LogP contribution in [-0.2, 0) is 4.79 Å². The Morgan fingerprint density at radius 3 is 2.50 bits per heavy atom. The highest BCUT2D eigenvalue weighted by Gasteiger charge is 2.24. The third-order valence-corrected chi connectivity index (χ3v) is 6.04. The first-order valence-electron chi connectivity index (χ1n) is 12.1. The number of hydrogen-bond donors (Lipinski definition) is 1. The van der Waals surface area contributed by atoms with Crippen LogP contribution >= 0.6 is 0 Å². The van der Waals surface area contributed by atoms with Crippen molar-refractivity contribution in [2.24, 2.45) is 0 Å². The number of hydrogen-bond acceptors (Lipinski definition) is 5. The largest absolute Gasteiger partial charge is 0.366 e. The van der Waals surface area contributed by atoms with Gasteiger partial charge in [0.05, 0.1) is 18.4 Å². The minimum Gasteiger partial charge on any atom is -0.366 e. The van der Waals surface area contributed by atoms with Crippen molar-refractivity contribution in [3.05, 3.63) is 78.3 Å². The minimum atomic E-state index is -0.396. The number of fused-ring (bicyclic) bond motifs is 1. The highest BCUT2D eigenvalue weighted by molar-refractivity contribution is 5.84. The lowest BCUT2D eigenvalue weighted by atomic mass is 10.1. The van der Waals surface area contributed by atoms with Crippen molar-refractivity contribution in [1.29, 1.82) is 0 Å². The Hall–Kier alpha value is -4.01. The zero-order chi connectivity index (χ0) is 25.7. The summed E-state index contributed by atoms with van der Waals surface area (Å²) in [6.45, 7) is 7.96. The molecule has 4 aromatic rings. The second-order valence-electron chi connectivity index (χ2n) is 8.27. The first-order chi connectivity index (χ1) is 17.5. The molecule has 1 aliphatic rings. The normalized spacial score (nSPS) is 13.4. The lowest BCUT2D eigenvalue weighted by molar-refractivity contribution is -0.129. The van der Waals surface area contributed by atoms with E-state index in [9.17, 15) is 13.6 Å². The fraction of sp³-hybridized carbons (Fsp3) is 0.296. The van der Waals surface area contributed by atoms with Crippen molar-refractivity contribution in [3.63, 3.8) is 0 Å². The van der Waals surface area contributed by atoms with E-state index in [4.69, 9.17) is 0 Å². The minimum absolute atomic E-state index is 0.0243. The second-order valence-corrected chi connectivity index (χ2v) is 8.27. The molecule has 36 heavy (non-hydrogen) atoms. The van der Waals surface area contributed by atoms with Gasteiger partial charge in [0.15, 0.2) is 5.65 Å². The summed E-state index contributed by atoms with van der Waals surface area (Å²) < 4.78 is 30.6. The first-order valence-corrected chi connectivity index (χ1v) is 12.1. The Bertz CT molecular complexity index is 1350. The van der Waals surface area contributed by atoms with Gasteiger partial charge in [0.25, 0.3) is 0 Å². The number of piperazine rings is 1. The predicted octanol–water partition coefficient (Wildman–Crippen LogP) is 4.77. The van der Waals surface area contributed by atoms with Gasteiger partial charge in [-0.1, -0.05) is 32.0 Å². The number of nitrogens with zero attached hydrogens (tertiary/aromatic N) is 5. The number of benzene rings is 2. The third kappa shape index (κ3) is 5.15. The summed E-state index contributed by atoms with van der Waals surface area (Å²) in [7, 11) is 0. The molecule has 2 aromatic carbocycles. The summed E-state index contributed by atoms with van der Waals surface area (Å²) in [5, 5.41) is 3.16. The molecule has 1 saturated heterocycles. The molecule has 1 N–H and O–H groups in total. The van der Waals surface area contributed by atoms with Crippen LogP contribution in [0.25, 0.3) is 16.9 Å². The van der Waals surface area contributed by atoms with Crippen LogP contribution in [0, 0.1) is 18.6 Å². The van der Waals surface area contributed by atoms with E-state index in [-0.39, 0.29) is 18.3 Å². The van der Waals surface area contributed by atoms with Gasteiger partial charge in [-0.15, -0.1) is 0 Å². The zero-order valence-corrected chi connectivity index (χ0v) is 20.7. The molecule has 3 heterocycles. The number of rotatable bonds is 5. The van der Waals surface area contributed by atoms with Crippen LogP contribution in [0.5, 0.6) is 0 Å². The number of halogens is 2. The van der Waals surface area contributed by atoms with Crippen molar-refractivity contribution < 1.29 is 13.6 Å². The van der Waals surface area contributed by atoms with Gasteiger partial charge < -0.3 is 15.1 Å². The van der Waals surface area contributed by atoms with Crippen LogP contribution < -0.4 is 10.2 Å². The number of anilines is 2. The highest BCUT2D eigenvalue weighted by atomic mass is 19.1. The van der Waals surface area contributed by atoms with Crippen LogP contribution in [0.3, 0.4) is 0 Å². The molecular formula is C27H30F2N6O. The maximum atomic E-state index is 14.5. The summed E-state index contributed by atoms with van der Waals surface area (Å²) in [6, 6.07) is 11.6. The number of aromatic nitrogens is 3. The van der Waals surface area contributed by atoms with E-state index >= 15 is 0 Å². The Morgan fingerprint density at radius 2 is 1.78 bits per heavy atom. The van der Waals surface area contributed by atoms with Crippen molar-refractivity contribution >= 4 is 23.1 Å². The van der Waals surface area contributed by atoms with Gasteiger partial charge in [0, 0.05) is 44.1 Å². The van der Waals surface area contributed by atoms with Crippen molar-refractivity contribution in [1.82, 2.24) is 19.3 Å². The summed E-state index contributed by atoms with van der Waals surface area (Å²) in [6.07, 6.45) is 4.91. The second kappa shape index (κ2) is 11.2. The number of imidazole rings is 1. The lowest BCUT2D eigenvalue weighted by Gasteiger charge is -2.36. The van der Waals surface area contributed by atoms with Crippen LogP contribution in [0.15, 0.2) is 61.1 Å². The van der Waals surface area contributed by atoms with E-state index < -0.39 is 5.82 Å². The van der Waals surface area contributed by atoms with Gasteiger partial charge in [0.2, 0.25) is 5.91 Å². The van der Waals surface area contributed by atoms with E-state index in [2.05, 4.69) is 15.3 Å². The Labute approximate surface area is 209 Å². The van der Waals surface area contributed by atoms with Crippen LogP contribution in [-0.4, -0.2) is 57.9 Å². The van der Waals surface area contributed by atoms with E-state index in [1.54, 1.807) is 52.2 Å². The Kier molecular flexibility index (Phi) is 7.77. The SMILES string of the molecule is CC.Cc1ccc(N2CCN(C(=O)CNc3c(-c4ccccc4F)nc4cnccn34)CC2)c(F)c1. The number of carbonyl (C=O) groups excluding carboxylic acids is 1. The average molecular weight is 493 g/mol. The van der Waals surface area contributed by atoms with Gasteiger partial charge in [0.1, 0.15) is 23.1 Å². The molecule has 1 aliphatic heterocycles. The molecule has 0 saturated carbocycles. The molecule has 188 valence electrons. The summed E-state index contributed by atoms with van der Waals surface area (Å²) in [5.74, 6) is -0.208. The summed E-state index contributed by atoms with van der Waals surface area (Å²) >= 11 is 0. The van der Waals surface area contributed by atoms with Crippen LogP contribution in [0.4, 0.5) is 20.3 Å². The van der Waals surface area contributed by atoms with E-state index in [1.165, 1.54) is 12.1 Å². The van der Waals surface area contributed by atoms with Gasteiger partial charge in [-0.25, -0.2) is 13.8 Å². The average Bonchev–Trinajstić information content (AvgIpc) is 3.27. The molecule has 1 fully saturated rings. The molecule has 7 nitrogen and oxygen atoms in total. The fourth-order valence-corrected chi connectivity index (χ4v) is 4.25. The van der Waals surface area contributed by atoms with Gasteiger partial charge in [-0.3, -0.25) is 14.2 Å². The predicted molar refractivity (Wildman–Crippen MR) is 138 cm³/mol. The zero-order valence-electron chi connectivity index (χ0n) is 20.7. The molecule has 0 atom stereocenters. The highest BCUT2D eigenvalue weighted by Crippen LogP contribution is 2.30. The van der Waals surface area contributed by atoms with Gasteiger partial charge in [-0.2, -0.15) is 0 Å². The molecular weight excluding hydrogens is 462 g/mol. The maximum absolute atomic E-state index is 14.5. The van der Waals surface area contributed by atoms with E-state index in [1.807, 2.05) is 31.7 Å². The first kappa shape index (κ1) is 25.1. The molecule has 1 amide bonds. The smallest absolute Gasteiger partial charge is 0.242 e. The van der Waals surface area contributed by atoms with E-state index in [0.29, 0.717) is 54.6 Å². The van der Waals surface area contributed by atoms with Gasteiger partial charge in [-0.05, 0) is 36.8 Å². The summed E-state index contributed by atoms with van der Waals surface area (Å²) in [5.41, 5.74) is 2.74. The monoisotopic (exact) mass is 492 g/mol. The van der Waals surface area contributed by atoms with Crippen molar-refractivity contribution in [3.8, 4) is 11.3 Å². The molecule has 0 aliphatic carbocycles. The molecule has 0 bridgehead atoms. The Balaban J connectivity index is 0.00000148. The Morgan fingerprint density at radius 1 is 1.03 bits per heavy atom. The number of nitrogens with one attached hydrogen (secondary N) is 1. The molecule has 0 radical (unpaired) electrons. The number of amides is 1. The fourth-order valence-electron chi connectivity index (χ4n) is 4.25. The molecule has 9 heteroatoms. The molecule has 2 aromatic heterocycles. The number of aryl methyl sites for hydroxylation is 1. The molecule has 5 rings (SSSR count). The molecule has 0 unspecified atom stereocenters. The number of carbonyl (C=O) groups is 1. The standard InChI is InChI=1S/C25H24F2N6O.C2H6/c1-17-6-7-21(20(27)14-17)31-10-12-32(13-11-31)23(34)16-29-25-24(18-4-2-3-5-19(18)26)30-22-15-28-8-9-33(22)25;1-2/h2-9,14-15,29H,10-13,16H2,1H3;1-2H3. The quantitative estimate of drug-likeness (QED) is 0.435. The van der Waals surface area contributed by atoms with Crippen LogP contribution in [0.2, 0.25) is 0 Å². The topological polar surface area (TPSA) is 65.8 Å². The lowest BCUT2D eigenvalue weighted by Crippen LogP contribution is -2.50.